The van der Waals surface area contributed by atoms with Crippen molar-refractivity contribution in [3.8, 4) is 5.75 Å². The summed E-state index contributed by atoms with van der Waals surface area (Å²) in [4.78, 5) is 16.7. The number of carbonyl (C=O) groups is 1. The number of hydrogen-bond acceptors (Lipinski definition) is 4. The number of ether oxygens (including phenoxy) is 1. The minimum absolute atomic E-state index is 0.0673. The van der Waals surface area contributed by atoms with Crippen LogP contribution in [0.2, 0.25) is 5.02 Å². The summed E-state index contributed by atoms with van der Waals surface area (Å²) in [6.07, 6.45) is 0.567. The van der Waals surface area contributed by atoms with Gasteiger partial charge in [0, 0.05) is 17.1 Å². The van der Waals surface area contributed by atoms with E-state index in [9.17, 15) is 4.79 Å². The van der Waals surface area contributed by atoms with E-state index in [4.69, 9.17) is 20.8 Å². The average Bonchev–Trinajstić information content (AvgIpc) is 3.10. The van der Waals surface area contributed by atoms with Gasteiger partial charge >= 0.3 is 0 Å². The molecule has 0 aliphatic rings. The molecule has 0 radical (unpaired) electrons. The van der Waals surface area contributed by atoms with E-state index >= 15 is 0 Å². The van der Waals surface area contributed by atoms with Crippen molar-refractivity contribution in [1.29, 1.82) is 0 Å². The fourth-order valence-electron chi connectivity index (χ4n) is 2.96. The molecule has 4 aromatic rings. The Morgan fingerprint density at radius 3 is 2.72 bits per heavy atom. The van der Waals surface area contributed by atoms with E-state index in [0.29, 0.717) is 39.9 Å². The first-order valence-electron chi connectivity index (χ1n) is 9.18. The van der Waals surface area contributed by atoms with Crippen LogP contribution in [-0.4, -0.2) is 17.5 Å². The van der Waals surface area contributed by atoms with Crippen LogP contribution in [0.15, 0.2) is 71.1 Å². The number of carbonyl (C=O) groups excluding carboxylic acids is 1. The van der Waals surface area contributed by atoms with E-state index in [1.807, 2.05) is 55.5 Å². The Morgan fingerprint density at radius 1 is 1.10 bits per heavy atom. The highest BCUT2D eigenvalue weighted by Crippen LogP contribution is 2.22. The number of anilines is 1. The van der Waals surface area contributed by atoms with Crippen LogP contribution in [0.4, 0.5) is 5.69 Å². The minimum Gasteiger partial charge on any atom is -0.484 e. The lowest BCUT2D eigenvalue weighted by Gasteiger charge is -2.08. The van der Waals surface area contributed by atoms with Crippen molar-refractivity contribution in [2.75, 3.05) is 11.9 Å². The molecular weight excluding hydrogens is 388 g/mol. The molecular formula is C23H19ClN2O3. The lowest BCUT2D eigenvalue weighted by Crippen LogP contribution is -2.20. The van der Waals surface area contributed by atoms with E-state index in [1.165, 1.54) is 0 Å². The zero-order valence-electron chi connectivity index (χ0n) is 15.8. The zero-order valence-corrected chi connectivity index (χ0v) is 16.6. The molecule has 0 fully saturated rings. The van der Waals surface area contributed by atoms with Gasteiger partial charge in [-0.25, -0.2) is 4.98 Å². The van der Waals surface area contributed by atoms with Crippen LogP contribution in [-0.2, 0) is 11.2 Å². The largest absolute Gasteiger partial charge is 0.484 e. The Labute approximate surface area is 173 Å². The van der Waals surface area contributed by atoms with Crippen molar-refractivity contribution in [1.82, 2.24) is 4.98 Å². The molecule has 146 valence electrons. The number of benzene rings is 3. The Morgan fingerprint density at radius 2 is 1.93 bits per heavy atom. The van der Waals surface area contributed by atoms with Crippen molar-refractivity contribution in [2.24, 2.45) is 0 Å². The maximum Gasteiger partial charge on any atom is 0.262 e. The smallest absolute Gasteiger partial charge is 0.262 e. The van der Waals surface area contributed by atoms with Crippen molar-refractivity contribution in [2.45, 2.75) is 13.3 Å². The molecule has 0 unspecified atom stereocenters. The molecule has 0 saturated carbocycles. The Kier molecular flexibility index (Phi) is 5.49. The van der Waals surface area contributed by atoms with Crippen molar-refractivity contribution >= 4 is 34.3 Å². The zero-order chi connectivity index (χ0) is 20.2. The molecule has 1 amide bonds. The van der Waals surface area contributed by atoms with E-state index in [-0.39, 0.29) is 12.5 Å². The first kappa shape index (κ1) is 19.0. The summed E-state index contributed by atoms with van der Waals surface area (Å²) in [6, 6.07) is 20.5. The number of nitrogens with one attached hydrogen (secondary N) is 1. The third kappa shape index (κ3) is 4.95. The van der Waals surface area contributed by atoms with Gasteiger partial charge in [0.15, 0.2) is 18.1 Å². The molecule has 0 aliphatic heterocycles. The molecule has 1 heterocycles. The van der Waals surface area contributed by atoms with E-state index in [1.54, 1.807) is 18.2 Å². The normalized spacial score (nSPS) is 10.8. The van der Waals surface area contributed by atoms with Crippen LogP contribution in [0.1, 0.15) is 17.0 Å². The SMILES string of the molecule is Cc1cccc(OCC(=O)Nc2ccc3oc(Cc4ccc(Cl)cc4)nc3c2)c1. The van der Waals surface area contributed by atoms with Crippen molar-refractivity contribution in [3.05, 3.63) is 88.8 Å². The Balaban J connectivity index is 1.40. The molecule has 29 heavy (non-hydrogen) atoms. The third-order valence-electron chi connectivity index (χ3n) is 4.34. The molecule has 3 aromatic carbocycles. The summed E-state index contributed by atoms with van der Waals surface area (Å²) >= 11 is 5.92. The lowest BCUT2D eigenvalue weighted by atomic mass is 10.1. The predicted octanol–water partition coefficient (Wildman–Crippen LogP) is 5.40. The average molecular weight is 407 g/mol. The van der Waals surface area contributed by atoms with Crippen LogP contribution >= 0.6 is 11.6 Å². The highest BCUT2D eigenvalue weighted by Gasteiger charge is 2.10. The second-order valence-electron chi connectivity index (χ2n) is 6.75. The third-order valence-corrected chi connectivity index (χ3v) is 4.60. The van der Waals surface area contributed by atoms with Gasteiger partial charge in [0.25, 0.3) is 5.91 Å². The molecule has 1 N–H and O–H groups in total. The Bertz CT molecular complexity index is 1150. The Hall–Kier alpha value is -3.31. The number of rotatable bonds is 6. The summed E-state index contributed by atoms with van der Waals surface area (Å²) < 4.78 is 11.3. The highest BCUT2D eigenvalue weighted by atomic mass is 35.5. The van der Waals surface area contributed by atoms with Gasteiger partial charge in [0.05, 0.1) is 0 Å². The topological polar surface area (TPSA) is 64.4 Å². The first-order chi connectivity index (χ1) is 14.0. The molecule has 0 spiro atoms. The molecule has 6 heteroatoms. The number of halogens is 1. The quantitative estimate of drug-likeness (QED) is 0.465. The molecule has 1 aromatic heterocycles. The first-order valence-corrected chi connectivity index (χ1v) is 9.56. The number of nitrogens with zero attached hydrogens (tertiary/aromatic N) is 1. The number of hydrogen-bond donors (Lipinski definition) is 1. The second-order valence-corrected chi connectivity index (χ2v) is 7.18. The standard InChI is InChI=1S/C23H19ClN2O3/c1-15-3-2-4-19(11-15)28-14-22(27)25-18-9-10-21-20(13-18)26-23(29-21)12-16-5-7-17(24)8-6-16/h2-11,13H,12,14H2,1H3,(H,25,27). The van der Waals surface area contributed by atoms with E-state index in [0.717, 1.165) is 11.1 Å². The van der Waals surface area contributed by atoms with Gasteiger partial charge in [-0.15, -0.1) is 0 Å². The maximum absolute atomic E-state index is 12.2. The van der Waals surface area contributed by atoms with Crippen LogP contribution in [0.3, 0.4) is 0 Å². The van der Waals surface area contributed by atoms with Gasteiger partial charge in [-0.1, -0.05) is 35.9 Å². The molecule has 5 nitrogen and oxygen atoms in total. The summed E-state index contributed by atoms with van der Waals surface area (Å²) in [5.41, 5.74) is 4.13. The number of aryl methyl sites for hydroxylation is 1. The number of oxazole rings is 1. The maximum atomic E-state index is 12.2. The number of amides is 1. The van der Waals surface area contributed by atoms with Gasteiger partial charge in [0.2, 0.25) is 0 Å². The molecule has 0 atom stereocenters. The van der Waals surface area contributed by atoms with Crippen LogP contribution < -0.4 is 10.1 Å². The van der Waals surface area contributed by atoms with Gasteiger partial charge in [-0.2, -0.15) is 0 Å². The van der Waals surface area contributed by atoms with Crippen LogP contribution in [0.5, 0.6) is 5.75 Å². The monoisotopic (exact) mass is 406 g/mol. The van der Waals surface area contributed by atoms with E-state index < -0.39 is 0 Å². The molecule has 0 bridgehead atoms. The second kappa shape index (κ2) is 8.37. The fourth-order valence-corrected chi connectivity index (χ4v) is 3.08. The summed E-state index contributed by atoms with van der Waals surface area (Å²) in [5.74, 6) is 1.03. The highest BCUT2D eigenvalue weighted by molar-refractivity contribution is 6.30. The van der Waals surface area contributed by atoms with Gasteiger partial charge in [-0.3, -0.25) is 4.79 Å². The fraction of sp³-hybridized carbons (Fsp3) is 0.130. The number of fused-ring (bicyclic) bond motifs is 1. The van der Waals surface area contributed by atoms with Crippen molar-refractivity contribution in [3.63, 3.8) is 0 Å². The molecule has 0 aliphatic carbocycles. The van der Waals surface area contributed by atoms with Crippen LogP contribution in [0, 0.1) is 6.92 Å². The van der Waals surface area contributed by atoms with E-state index in [2.05, 4.69) is 10.3 Å². The summed E-state index contributed by atoms with van der Waals surface area (Å²) in [6.45, 7) is 1.91. The van der Waals surface area contributed by atoms with Crippen LogP contribution in [0.25, 0.3) is 11.1 Å². The molecule has 0 saturated heterocycles. The number of aromatic nitrogens is 1. The molecule has 4 rings (SSSR count). The van der Waals surface area contributed by atoms with Gasteiger partial charge in [0.1, 0.15) is 11.3 Å². The van der Waals surface area contributed by atoms with Crippen molar-refractivity contribution < 1.29 is 13.9 Å². The van der Waals surface area contributed by atoms with Gasteiger partial charge < -0.3 is 14.5 Å². The lowest BCUT2D eigenvalue weighted by molar-refractivity contribution is -0.118. The van der Waals surface area contributed by atoms with Gasteiger partial charge in [-0.05, 0) is 60.5 Å². The predicted molar refractivity (Wildman–Crippen MR) is 114 cm³/mol. The minimum atomic E-state index is -0.240. The summed E-state index contributed by atoms with van der Waals surface area (Å²) in [7, 11) is 0. The summed E-state index contributed by atoms with van der Waals surface area (Å²) in [5, 5.41) is 3.52.